The molecule has 3 aromatic carbocycles. The second-order valence-corrected chi connectivity index (χ2v) is 11.1. The number of hydrogen-bond donors (Lipinski definition) is 1. The Hall–Kier alpha value is -3.79. The van der Waals surface area contributed by atoms with Crippen molar-refractivity contribution in [3.05, 3.63) is 78.1 Å². The molecule has 0 bridgehead atoms. The zero-order valence-corrected chi connectivity index (χ0v) is 21.8. The maximum atomic E-state index is 13.6. The minimum absolute atomic E-state index is 0.0345. The Morgan fingerprint density at radius 3 is 2.27 bits per heavy atom. The van der Waals surface area contributed by atoms with Crippen molar-refractivity contribution >= 4 is 21.6 Å². The highest BCUT2D eigenvalue weighted by molar-refractivity contribution is 7.92. The molecule has 0 radical (unpaired) electrons. The van der Waals surface area contributed by atoms with E-state index in [4.69, 9.17) is 14.2 Å². The Kier molecular flexibility index (Phi) is 7.31. The van der Waals surface area contributed by atoms with Gasteiger partial charge in [-0.1, -0.05) is 0 Å². The molecule has 1 atom stereocenters. The first kappa shape index (κ1) is 26.3. The van der Waals surface area contributed by atoms with E-state index < -0.39 is 39.9 Å². The highest BCUT2D eigenvalue weighted by atomic mass is 32.2. The van der Waals surface area contributed by atoms with Crippen LogP contribution in [0.5, 0.6) is 17.2 Å². The number of nitrogens with zero attached hydrogens (tertiary/aromatic N) is 1. The number of ether oxygens (including phenoxy) is 3. The topological polar surface area (TPSA) is 94.2 Å². The van der Waals surface area contributed by atoms with Gasteiger partial charge in [0.15, 0.2) is 0 Å². The fraction of sp³-hybridized carbons (Fsp3) is 0.296. The van der Waals surface area contributed by atoms with Crippen LogP contribution >= 0.6 is 0 Å². The predicted molar refractivity (Wildman–Crippen MR) is 137 cm³/mol. The van der Waals surface area contributed by atoms with Crippen LogP contribution in [-0.4, -0.2) is 40.7 Å². The summed E-state index contributed by atoms with van der Waals surface area (Å²) in [5.41, 5.74) is 0.325. The van der Waals surface area contributed by atoms with E-state index in [9.17, 15) is 17.6 Å². The van der Waals surface area contributed by atoms with Gasteiger partial charge in [0, 0.05) is 12.0 Å². The average Bonchev–Trinajstić information content (AvgIpc) is 2.87. The first-order chi connectivity index (χ1) is 17.5. The normalized spacial score (nSPS) is 16.2. The molecule has 0 saturated carbocycles. The number of carbonyl (C=O) groups is 1. The molecular formula is C27H29FN2O6S. The molecule has 1 amide bonds. The van der Waals surface area contributed by atoms with E-state index >= 15 is 0 Å². The summed E-state index contributed by atoms with van der Waals surface area (Å²) in [6, 6.07) is 15.7. The van der Waals surface area contributed by atoms with Crippen LogP contribution in [0.15, 0.2) is 71.6 Å². The summed E-state index contributed by atoms with van der Waals surface area (Å²) in [4.78, 5) is 13.3. The monoisotopic (exact) mass is 528 g/mol. The molecule has 10 heteroatoms. The van der Waals surface area contributed by atoms with Gasteiger partial charge in [0.25, 0.3) is 10.0 Å². The summed E-state index contributed by atoms with van der Waals surface area (Å²) in [5, 5.41) is 2.96. The van der Waals surface area contributed by atoms with Crippen LogP contribution in [0.4, 0.5) is 10.1 Å². The molecule has 1 N–H and O–H groups in total. The van der Waals surface area contributed by atoms with Crippen LogP contribution in [0.3, 0.4) is 0 Å². The number of methoxy groups -OCH3 is 2. The van der Waals surface area contributed by atoms with Crippen LogP contribution in [0.2, 0.25) is 0 Å². The maximum absolute atomic E-state index is 13.6. The third-order valence-corrected chi connectivity index (χ3v) is 7.85. The van der Waals surface area contributed by atoms with Gasteiger partial charge in [0.1, 0.15) is 35.2 Å². The zero-order valence-electron chi connectivity index (χ0n) is 21.0. The van der Waals surface area contributed by atoms with Gasteiger partial charge < -0.3 is 19.5 Å². The van der Waals surface area contributed by atoms with Crippen molar-refractivity contribution in [2.45, 2.75) is 36.8 Å². The molecule has 0 saturated heterocycles. The molecular weight excluding hydrogens is 499 g/mol. The molecule has 0 spiro atoms. The lowest BCUT2D eigenvalue weighted by molar-refractivity contribution is -0.120. The van der Waals surface area contributed by atoms with Crippen LogP contribution in [0.1, 0.15) is 31.9 Å². The molecule has 3 aromatic rings. The molecule has 0 fully saturated rings. The number of anilines is 1. The van der Waals surface area contributed by atoms with Crippen LogP contribution in [-0.2, 0) is 14.8 Å². The lowest BCUT2D eigenvalue weighted by atomic mass is 9.89. The summed E-state index contributed by atoms with van der Waals surface area (Å²) in [6.07, 6.45) is 0.459. The molecule has 1 aliphatic heterocycles. The van der Waals surface area contributed by atoms with Crippen LogP contribution < -0.4 is 23.8 Å². The first-order valence-corrected chi connectivity index (χ1v) is 13.0. The van der Waals surface area contributed by atoms with E-state index in [2.05, 4.69) is 5.32 Å². The smallest absolute Gasteiger partial charge is 0.264 e. The van der Waals surface area contributed by atoms with Gasteiger partial charge in [-0.2, -0.15) is 0 Å². The minimum Gasteiger partial charge on any atom is -0.497 e. The largest absolute Gasteiger partial charge is 0.497 e. The molecule has 8 nitrogen and oxygen atoms in total. The standard InChI is InChI=1S/C27H29FN2O6S/c1-27(2)16-24(23-15-21(35-4)11-14-25(23)36-27)29-26(31)17-30(19-7-5-18(28)6-8-19)37(32,33)22-12-9-20(34-3)10-13-22/h5-15,24H,16-17H2,1-4H3,(H,29,31). The highest BCUT2D eigenvalue weighted by Crippen LogP contribution is 2.41. The van der Waals surface area contributed by atoms with Gasteiger partial charge in [-0.25, -0.2) is 12.8 Å². The van der Waals surface area contributed by atoms with Gasteiger partial charge >= 0.3 is 0 Å². The van der Waals surface area contributed by atoms with Crippen LogP contribution in [0, 0.1) is 5.82 Å². The maximum Gasteiger partial charge on any atom is 0.264 e. The van der Waals surface area contributed by atoms with Gasteiger partial charge in [-0.3, -0.25) is 9.10 Å². The average molecular weight is 529 g/mol. The molecule has 196 valence electrons. The number of benzene rings is 3. The zero-order chi connectivity index (χ0) is 26.8. The van der Waals surface area contributed by atoms with Gasteiger partial charge in [-0.05, 0) is 80.6 Å². The Bertz CT molecular complexity index is 1380. The number of amides is 1. The predicted octanol–water partition coefficient (Wildman–Crippen LogP) is 4.46. The summed E-state index contributed by atoms with van der Waals surface area (Å²) < 4.78 is 58.3. The summed E-state index contributed by atoms with van der Waals surface area (Å²) >= 11 is 0. The van der Waals surface area contributed by atoms with Crippen molar-refractivity contribution in [1.29, 1.82) is 0 Å². The van der Waals surface area contributed by atoms with E-state index in [0.717, 1.165) is 22.0 Å². The van der Waals surface area contributed by atoms with Crippen molar-refractivity contribution in [1.82, 2.24) is 5.32 Å². The number of fused-ring (bicyclic) bond motifs is 1. The molecule has 37 heavy (non-hydrogen) atoms. The Morgan fingerprint density at radius 1 is 1.03 bits per heavy atom. The Morgan fingerprint density at radius 2 is 1.65 bits per heavy atom. The first-order valence-electron chi connectivity index (χ1n) is 11.6. The highest BCUT2D eigenvalue weighted by Gasteiger charge is 2.36. The van der Waals surface area contributed by atoms with Crippen molar-refractivity contribution in [3.63, 3.8) is 0 Å². The summed E-state index contributed by atoms with van der Waals surface area (Å²) in [6.45, 7) is 3.31. The number of sulfonamides is 1. The molecule has 1 heterocycles. The van der Waals surface area contributed by atoms with E-state index in [0.29, 0.717) is 23.7 Å². The fourth-order valence-electron chi connectivity index (χ4n) is 4.26. The van der Waals surface area contributed by atoms with Crippen molar-refractivity contribution in [3.8, 4) is 17.2 Å². The Labute approximate surface area is 216 Å². The number of nitrogens with one attached hydrogen (secondary N) is 1. The van der Waals surface area contributed by atoms with Gasteiger partial charge in [0.2, 0.25) is 5.91 Å². The lowest BCUT2D eigenvalue weighted by Crippen LogP contribution is -2.45. The quantitative estimate of drug-likeness (QED) is 0.464. The fourth-order valence-corrected chi connectivity index (χ4v) is 5.68. The van der Waals surface area contributed by atoms with Gasteiger partial charge in [0.05, 0.1) is 30.8 Å². The van der Waals surface area contributed by atoms with E-state index in [1.807, 2.05) is 13.8 Å². The number of carbonyl (C=O) groups excluding carboxylic acids is 1. The lowest BCUT2D eigenvalue weighted by Gasteiger charge is -2.38. The minimum atomic E-state index is -4.17. The number of halogens is 1. The molecule has 0 aromatic heterocycles. The third-order valence-electron chi connectivity index (χ3n) is 6.06. The summed E-state index contributed by atoms with van der Waals surface area (Å²) in [5.74, 6) is 0.657. The second-order valence-electron chi connectivity index (χ2n) is 9.25. The van der Waals surface area contributed by atoms with Crippen molar-refractivity contribution in [2.24, 2.45) is 0 Å². The van der Waals surface area contributed by atoms with Crippen molar-refractivity contribution < 1.29 is 31.8 Å². The molecule has 1 unspecified atom stereocenters. The SMILES string of the molecule is COc1ccc(S(=O)(=O)N(CC(=O)NC2CC(C)(C)Oc3ccc(OC)cc32)c2ccc(F)cc2)cc1. The van der Waals surface area contributed by atoms with E-state index in [1.54, 1.807) is 25.3 Å². The Balaban J connectivity index is 1.65. The second kappa shape index (κ2) is 10.3. The summed E-state index contributed by atoms with van der Waals surface area (Å²) in [7, 11) is -1.15. The van der Waals surface area contributed by atoms with E-state index in [1.165, 1.54) is 43.5 Å². The molecule has 0 aliphatic carbocycles. The van der Waals surface area contributed by atoms with Crippen molar-refractivity contribution in [2.75, 3.05) is 25.1 Å². The van der Waals surface area contributed by atoms with E-state index in [-0.39, 0.29) is 10.6 Å². The molecule has 4 rings (SSSR count). The van der Waals surface area contributed by atoms with Crippen LogP contribution in [0.25, 0.3) is 0 Å². The third kappa shape index (κ3) is 5.80. The number of rotatable bonds is 8. The number of hydrogen-bond acceptors (Lipinski definition) is 6. The molecule has 1 aliphatic rings. The van der Waals surface area contributed by atoms with Gasteiger partial charge in [-0.15, -0.1) is 0 Å².